The first kappa shape index (κ1) is 12.3. The molecule has 0 saturated carbocycles. The fourth-order valence-corrected chi connectivity index (χ4v) is 3.02. The molecule has 0 aliphatic carbocycles. The van der Waals surface area contributed by atoms with E-state index >= 15 is 0 Å². The molecule has 0 amide bonds. The number of ether oxygens (including phenoxy) is 1. The van der Waals surface area contributed by atoms with Gasteiger partial charge in [-0.2, -0.15) is 0 Å². The number of aromatic nitrogens is 3. The molecule has 1 atom stereocenters. The molecule has 6 nitrogen and oxygen atoms in total. The van der Waals surface area contributed by atoms with Crippen molar-refractivity contribution in [2.45, 2.75) is 30.3 Å². The van der Waals surface area contributed by atoms with Crippen molar-refractivity contribution in [2.75, 3.05) is 6.61 Å². The predicted molar refractivity (Wildman–Crippen MR) is 68.6 cm³/mol. The summed E-state index contributed by atoms with van der Waals surface area (Å²) in [5.74, 6) is 1.19. The van der Waals surface area contributed by atoms with Crippen LogP contribution in [0.15, 0.2) is 28.0 Å². The molecule has 0 N–H and O–H groups in total. The third-order valence-electron chi connectivity index (χ3n) is 2.91. The molecular weight excluding hydrogens is 266 g/mol. The molecule has 7 heteroatoms. The number of rotatable bonds is 4. The standard InChI is InChI=1S/C12H13N3O3S/c1-2-15-10(8-4-3-6-17-8)13-14-12(15)19-9-5-7-18-11(9)16/h3-4,6,9H,2,5,7H2,1H3/t9-/m0/s1. The minimum absolute atomic E-state index is 0.171. The molecule has 2 aromatic rings. The summed E-state index contributed by atoms with van der Waals surface area (Å²) < 4.78 is 12.2. The van der Waals surface area contributed by atoms with Crippen LogP contribution in [-0.4, -0.2) is 32.6 Å². The molecule has 100 valence electrons. The van der Waals surface area contributed by atoms with Gasteiger partial charge in [0.05, 0.1) is 12.9 Å². The van der Waals surface area contributed by atoms with Crippen LogP contribution >= 0.6 is 11.8 Å². The second kappa shape index (κ2) is 5.08. The lowest BCUT2D eigenvalue weighted by atomic mass is 10.4. The maximum atomic E-state index is 11.5. The van der Waals surface area contributed by atoms with Crippen molar-refractivity contribution in [1.29, 1.82) is 0 Å². The van der Waals surface area contributed by atoms with Crippen molar-refractivity contribution in [3.8, 4) is 11.6 Å². The van der Waals surface area contributed by atoms with E-state index in [1.54, 1.807) is 6.26 Å². The van der Waals surface area contributed by atoms with Gasteiger partial charge in [0.15, 0.2) is 16.7 Å². The van der Waals surface area contributed by atoms with Gasteiger partial charge < -0.3 is 9.15 Å². The lowest BCUT2D eigenvalue weighted by molar-refractivity contribution is -0.137. The first-order valence-corrected chi connectivity index (χ1v) is 6.98. The van der Waals surface area contributed by atoms with E-state index in [4.69, 9.17) is 9.15 Å². The van der Waals surface area contributed by atoms with Gasteiger partial charge in [-0.15, -0.1) is 10.2 Å². The number of esters is 1. The number of furan rings is 1. The smallest absolute Gasteiger partial charge is 0.319 e. The highest BCUT2D eigenvalue weighted by molar-refractivity contribution is 8.00. The Morgan fingerprint density at radius 3 is 3.05 bits per heavy atom. The Labute approximate surface area is 114 Å². The number of thioether (sulfide) groups is 1. The van der Waals surface area contributed by atoms with Gasteiger partial charge in [0, 0.05) is 13.0 Å². The summed E-state index contributed by atoms with van der Waals surface area (Å²) in [5, 5.41) is 8.83. The van der Waals surface area contributed by atoms with Crippen LogP contribution in [0.2, 0.25) is 0 Å². The Hall–Kier alpha value is -1.76. The maximum Gasteiger partial charge on any atom is 0.319 e. The summed E-state index contributed by atoms with van der Waals surface area (Å²) in [5.41, 5.74) is 0. The van der Waals surface area contributed by atoms with Crippen LogP contribution in [0.25, 0.3) is 11.6 Å². The van der Waals surface area contributed by atoms with Gasteiger partial charge >= 0.3 is 5.97 Å². The Balaban J connectivity index is 1.88. The van der Waals surface area contributed by atoms with Crippen LogP contribution in [0.5, 0.6) is 0 Å². The largest absolute Gasteiger partial charge is 0.465 e. The zero-order valence-corrected chi connectivity index (χ0v) is 11.2. The molecule has 0 bridgehead atoms. The molecule has 1 aliphatic rings. The molecular formula is C12H13N3O3S. The second-order valence-corrected chi connectivity index (χ2v) is 5.26. The van der Waals surface area contributed by atoms with Crippen molar-refractivity contribution in [1.82, 2.24) is 14.8 Å². The van der Waals surface area contributed by atoms with Crippen LogP contribution < -0.4 is 0 Å². The van der Waals surface area contributed by atoms with E-state index in [0.29, 0.717) is 24.7 Å². The molecule has 0 unspecified atom stereocenters. The van der Waals surface area contributed by atoms with E-state index in [0.717, 1.165) is 11.6 Å². The van der Waals surface area contributed by atoms with Crippen LogP contribution in [0.3, 0.4) is 0 Å². The first-order chi connectivity index (χ1) is 9.29. The highest BCUT2D eigenvalue weighted by Gasteiger charge is 2.30. The van der Waals surface area contributed by atoms with Gasteiger partial charge in [-0.25, -0.2) is 0 Å². The van der Waals surface area contributed by atoms with E-state index in [2.05, 4.69) is 10.2 Å². The summed E-state index contributed by atoms with van der Waals surface area (Å²) in [6.45, 7) is 3.21. The average Bonchev–Trinajstić information content (AvgIpc) is 3.11. The lowest BCUT2D eigenvalue weighted by Crippen LogP contribution is -2.11. The monoisotopic (exact) mass is 279 g/mol. The number of carbonyl (C=O) groups is 1. The van der Waals surface area contributed by atoms with Gasteiger partial charge in [-0.1, -0.05) is 11.8 Å². The van der Waals surface area contributed by atoms with Gasteiger partial charge in [-0.05, 0) is 19.1 Å². The molecule has 1 aliphatic heterocycles. The van der Waals surface area contributed by atoms with Gasteiger partial charge in [0.1, 0.15) is 5.25 Å². The molecule has 0 radical (unpaired) electrons. The molecule has 2 aromatic heterocycles. The average molecular weight is 279 g/mol. The number of hydrogen-bond acceptors (Lipinski definition) is 6. The fourth-order valence-electron chi connectivity index (χ4n) is 1.96. The predicted octanol–water partition coefficient (Wildman–Crippen LogP) is 1.97. The third kappa shape index (κ3) is 2.25. The molecule has 19 heavy (non-hydrogen) atoms. The van der Waals surface area contributed by atoms with Crippen molar-refractivity contribution >= 4 is 17.7 Å². The van der Waals surface area contributed by atoms with E-state index in [1.165, 1.54) is 11.8 Å². The van der Waals surface area contributed by atoms with Crippen LogP contribution in [-0.2, 0) is 16.1 Å². The van der Waals surface area contributed by atoms with Crippen molar-refractivity contribution < 1.29 is 13.9 Å². The minimum Gasteiger partial charge on any atom is -0.465 e. The van der Waals surface area contributed by atoms with Gasteiger partial charge in [0.25, 0.3) is 0 Å². The number of hydrogen-bond donors (Lipinski definition) is 0. The number of nitrogens with zero attached hydrogens (tertiary/aromatic N) is 3. The maximum absolute atomic E-state index is 11.5. The SMILES string of the molecule is CCn1c(S[C@H]2CCOC2=O)nnc1-c1ccco1. The molecule has 3 rings (SSSR count). The van der Waals surface area contributed by atoms with Crippen LogP contribution in [0, 0.1) is 0 Å². The van der Waals surface area contributed by atoms with E-state index in [-0.39, 0.29) is 11.2 Å². The Morgan fingerprint density at radius 2 is 2.42 bits per heavy atom. The summed E-state index contributed by atoms with van der Waals surface area (Å²) in [7, 11) is 0. The number of carbonyl (C=O) groups excluding carboxylic acids is 1. The highest BCUT2D eigenvalue weighted by atomic mass is 32.2. The van der Waals surface area contributed by atoms with Gasteiger partial charge in [0.2, 0.25) is 0 Å². The number of cyclic esters (lactones) is 1. The van der Waals surface area contributed by atoms with Crippen molar-refractivity contribution in [3.05, 3.63) is 18.4 Å². The normalized spacial score (nSPS) is 18.8. The van der Waals surface area contributed by atoms with E-state index < -0.39 is 0 Å². The van der Waals surface area contributed by atoms with E-state index in [9.17, 15) is 4.79 Å². The summed E-state index contributed by atoms with van der Waals surface area (Å²) in [6.07, 6.45) is 2.32. The molecule has 1 fully saturated rings. The quantitative estimate of drug-likeness (QED) is 0.797. The summed E-state index contributed by atoms with van der Waals surface area (Å²) in [6, 6.07) is 3.65. The summed E-state index contributed by atoms with van der Waals surface area (Å²) >= 11 is 1.40. The van der Waals surface area contributed by atoms with Crippen LogP contribution in [0.4, 0.5) is 0 Å². The zero-order chi connectivity index (χ0) is 13.2. The molecule has 3 heterocycles. The molecule has 1 saturated heterocycles. The van der Waals surface area contributed by atoms with E-state index in [1.807, 2.05) is 23.6 Å². The highest BCUT2D eigenvalue weighted by Crippen LogP contribution is 2.30. The molecule has 0 spiro atoms. The Kier molecular flexibility index (Phi) is 3.29. The Morgan fingerprint density at radius 1 is 1.53 bits per heavy atom. The topological polar surface area (TPSA) is 70.2 Å². The van der Waals surface area contributed by atoms with Crippen molar-refractivity contribution in [2.24, 2.45) is 0 Å². The third-order valence-corrected chi connectivity index (χ3v) is 4.14. The lowest BCUT2D eigenvalue weighted by Gasteiger charge is -2.07. The second-order valence-electron chi connectivity index (χ2n) is 4.09. The minimum atomic E-state index is -0.182. The zero-order valence-electron chi connectivity index (χ0n) is 10.4. The van der Waals surface area contributed by atoms with Crippen molar-refractivity contribution in [3.63, 3.8) is 0 Å². The van der Waals surface area contributed by atoms with Crippen LogP contribution in [0.1, 0.15) is 13.3 Å². The molecule has 0 aromatic carbocycles. The summed E-state index contributed by atoms with van der Waals surface area (Å²) in [4.78, 5) is 11.5. The fraction of sp³-hybridized carbons (Fsp3) is 0.417. The Bertz CT molecular complexity index is 579. The van der Waals surface area contributed by atoms with Gasteiger partial charge in [-0.3, -0.25) is 9.36 Å². The first-order valence-electron chi connectivity index (χ1n) is 6.10.